The Morgan fingerprint density at radius 2 is 2.36 bits per heavy atom. The molecule has 1 saturated carbocycles. The predicted octanol–water partition coefficient (Wildman–Crippen LogP) is 1.93. The normalized spacial score (nSPS) is 32.0. The SMILES string of the molecule is C=CC[C@H]1CC=C2CCC(=C)C[C@@H]2[NH2+]1. The zero-order valence-electron chi connectivity index (χ0n) is 8.84. The van der Waals surface area contributed by atoms with Gasteiger partial charge in [-0.2, -0.15) is 0 Å². The van der Waals surface area contributed by atoms with E-state index in [2.05, 4.69) is 24.6 Å². The minimum absolute atomic E-state index is 0.704. The van der Waals surface area contributed by atoms with Crippen molar-refractivity contribution in [2.45, 2.75) is 44.2 Å². The van der Waals surface area contributed by atoms with E-state index >= 15 is 0 Å². The molecule has 0 aromatic rings. The highest BCUT2D eigenvalue weighted by Gasteiger charge is 2.29. The summed E-state index contributed by atoms with van der Waals surface area (Å²) in [4.78, 5) is 0. The molecule has 0 saturated heterocycles. The van der Waals surface area contributed by atoms with E-state index in [9.17, 15) is 0 Å². The predicted molar refractivity (Wildman–Crippen MR) is 60.0 cm³/mol. The van der Waals surface area contributed by atoms with E-state index < -0.39 is 0 Å². The van der Waals surface area contributed by atoms with Crippen LogP contribution >= 0.6 is 0 Å². The molecular weight excluding hydrogens is 170 g/mol. The van der Waals surface area contributed by atoms with Crippen LogP contribution in [0.15, 0.2) is 36.5 Å². The third kappa shape index (κ3) is 1.98. The number of fused-ring (bicyclic) bond motifs is 1. The monoisotopic (exact) mass is 190 g/mol. The number of rotatable bonds is 2. The fraction of sp³-hybridized carbons (Fsp3) is 0.538. The molecule has 0 bridgehead atoms. The Hall–Kier alpha value is -0.820. The van der Waals surface area contributed by atoms with E-state index in [4.69, 9.17) is 0 Å². The molecule has 0 unspecified atom stereocenters. The zero-order valence-corrected chi connectivity index (χ0v) is 8.84. The third-order valence-electron chi connectivity index (χ3n) is 3.41. The zero-order chi connectivity index (χ0) is 9.97. The fourth-order valence-corrected chi connectivity index (χ4v) is 2.59. The largest absolute Gasteiger partial charge is 0.337 e. The van der Waals surface area contributed by atoms with Crippen molar-refractivity contribution in [3.63, 3.8) is 0 Å². The van der Waals surface area contributed by atoms with E-state index in [1.807, 2.05) is 6.08 Å². The molecule has 1 fully saturated rings. The molecule has 2 atom stereocenters. The van der Waals surface area contributed by atoms with Gasteiger partial charge in [0, 0.05) is 19.3 Å². The first kappa shape index (κ1) is 9.72. The van der Waals surface area contributed by atoms with E-state index in [0.717, 1.165) is 12.5 Å². The molecule has 2 N–H and O–H groups in total. The quantitative estimate of drug-likeness (QED) is 0.641. The Bertz CT molecular complexity index is 275. The molecule has 1 heterocycles. The molecule has 2 aliphatic rings. The summed E-state index contributed by atoms with van der Waals surface area (Å²) in [6.07, 6.45) is 10.5. The van der Waals surface area contributed by atoms with Crippen molar-refractivity contribution in [2.75, 3.05) is 0 Å². The van der Waals surface area contributed by atoms with Crippen molar-refractivity contribution in [1.82, 2.24) is 0 Å². The van der Waals surface area contributed by atoms with Gasteiger partial charge in [-0.05, 0) is 18.4 Å². The minimum atomic E-state index is 0.704. The van der Waals surface area contributed by atoms with Crippen molar-refractivity contribution in [3.05, 3.63) is 36.5 Å². The van der Waals surface area contributed by atoms with Crippen LogP contribution in [0.5, 0.6) is 0 Å². The number of hydrogen-bond donors (Lipinski definition) is 1. The fourth-order valence-electron chi connectivity index (χ4n) is 2.59. The van der Waals surface area contributed by atoms with Gasteiger partial charge in [-0.1, -0.05) is 24.3 Å². The molecule has 0 spiro atoms. The van der Waals surface area contributed by atoms with E-state index in [0.29, 0.717) is 6.04 Å². The molecular formula is C13H20N+. The Morgan fingerprint density at radius 3 is 3.14 bits per heavy atom. The highest BCUT2D eigenvalue weighted by atomic mass is 15.0. The smallest absolute Gasteiger partial charge is 0.111 e. The van der Waals surface area contributed by atoms with Gasteiger partial charge in [0.25, 0.3) is 0 Å². The van der Waals surface area contributed by atoms with Crippen LogP contribution in [-0.2, 0) is 0 Å². The topological polar surface area (TPSA) is 16.6 Å². The summed E-state index contributed by atoms with van der Waals surface area (Å²) in [6, 6.07) is 1.43. The number of hydrogen-bond acceptors (Lipinski definition) is 0. The highest BCUT2D eigenvalue weighted by molar-refractivity contribution is 5.20. The van der Waals surface area contributed by atoms with Gasteiger partial charge < -0.3 is 5.32 Å². The maximum atomic E-state index is 4.11. The van der Waals surface area contributed by atoms with E-state index in [1.165, 1.54) is 31.3 Å². The summed E-state index contributed by atoms with van der Waals surface area (Å²) in [5.41, 5.74) is 3.10. The van der Waals surface area contributed by atoms with Crippen LogP contribution in [0, 0.1) is 0 Å². The summed E-state index contributed by atoms with van der Waals surface area (Å²) in [5.74, 6) is 0. The van der Waals surface area contributed by atoms with Crippen molar-refractivity contribution >= 4 is 0 Å². The lowest BCUT2D eigenvalue weighted by molar-refractivity contribution is -0.716. The molecule has 2 rings (SSSR count). The number of nitrogens with two attached hydrogens (primary N) is 1. The Kier molecular flexibility index (Phi) is 2.87. The van der Waals surface area contributed by atoms with Crippen LogP contribution in [0.2, 0.25) is 0 Å². The molecule has 1 aliphatic heterocycles. The van der Waals surface area contributed by atoms with Crippen LogP contribution in [-0.4, -0.2) is 12.1 Å². The summed E-state index contributed by atoms with van der Waals surface area (Å²) < 4.78 is 0. The summed E-state index contributed by atoms with van der Waals surface area (Å²) in [6.45, 7) is 7.92. The number of quaternary nitrogens is 1. The van der Waals surface area contributed by atoms with Crippen LogP contribution in [0.3, 0.4) is 0 Å². The van der Waals surface area contributed by atoms with Gasteiger partial charge >= 0.3 is 0 Å². The minimum Gasteiger partial charge on any atom is -0.337 e. The standard InChI is InChI=1S/C13H19N/c1-3-4-12-8-7-11-6-5-10(2)9-13(11)14-12/h3,7,12-14H,1-2,4-6,8-9H2/p+1/t12-,13-/m0/s1. The van der Waals surface area contributed by atoms with Crippen LogP contribution in [0.25, 0.3) is 0 Å². The van der Waals surface area contributed by atoms with E-state index in [1.54, 1.807) is 5.57 Å². The van der Waals surface area contributed by atoms with E-state index in [-0.39, 0.29) is 0 Å². The molecule has 1 heteroatoms. The molecule has 0 radical (unpaired) electrons. The summed E-state index contributed by atoms with van der Waals surface area (Å²) in [7, 11) is 0. The van der Waals surface area contributed by atoms with Crippen molar-refractivity contribution in [1.29, 1.82) is 0 Å². The Balaban J connectivity index is 2.03. The van der Waals surface area contributed by atoms with Gasteiger partial charge in [-0.3, -0.25) is 0 Å². The van der Waals surface area contributed by atoms with Gasteiger partial charge in [-0.25, -0.2) is 0 Å². The van der Waals surface area contributed by atoms with Crippen molar-refractivity contribution < 1.29 is 5.32 Å². The van der Waals surface area contributed by atoms with Gasteiger partial charge in [-0.15, -0.1) is 6.58 Å². The van der Waals surface area contributed by atoms with Gasteiger partial charge in [0.05, 0.1) is 6.04 Å². The van der Waals surface area contributed by atoms with Crippen molar-refractivity contribution in [3.8, 4) is 0 Å². The average Bonchev–Trinajstić information content (AvgIpc) is 2.17. The average molecular weight is 190 g/mol. The second-order valence-electron chi connectivity index (χ2n) is 4.55. The maximum Gasteiger partial charge on any atom is 0.111 e. The second-order valence-corrected chi connectivity index (χ2v) is 4.55. The summed E-state index contributed by atoms with van der Waals surface area (Å²) in [5, 5.41) is 2.53. The first-order chi connectivity index (χ1) is 6.79. The lowest BCUT2D eigenvalue weighted by atomic mass is 9.83. The molecule has 1 nitrogen and oxygen atoms in total. The van der Waals surface area contributed by atoms with Crippen LogP contribution in [0.4, 0.5) is 0 Å². The lowest BCUT2D eigenvalue weighted by Gasteiger charge is -2.32. The Morgan fingerprint density at radius 1 is 1.50 bits per heavy atom. The van der Waals surface area contributed by atoms with Crippen LogP contribution in [0.1, 0.15) is 32.1 Å². The second kappa shape index (κ2) is 4.14. The van der Waals surface area contributed by atoms with Gasteiger partial charge in [0.1, 0.15) is 6.04 Å². The first-order valence-electron chi connectivity index (χ1n) is 5.61. The molecule has 14 heavy (non-hydrogen) atoms. The van der Waals surface area contributed by atoms with Crippen LogP contribution < -0.4 is 5.32 Å². The van der Waals surface area contributed by atoms with Crippen molar-refractivity contribution in [2.24, 2.45) is 0 Å². The Labute approximate surface area is 86.6 Å². The molecule has 0 aromatic carbocycles. The first-order valence-corrected chi connectivity index (χ1v) is 5.61. The van der Waals surface area contributed by atoms with Gasteiger partial charge in [0.2, 0.25) is 0 Å². The highest BCUT2D eigenvalue weighted by Crippen LogP contribution is 2.27. The molecule has 1 aliphatic carbocycles. The van der Waals surface area contributed by atoms with Gasteiger partial charge in [0.15, 0.2) is 0 Å². The maximum absolute atomic E-state index is 4.11. The summed E-state index contributed by atoms with van der Waals surface area (Å²) >= 11 is 0. The molecule has 0 aromatic heterocycles. The molecule has 76 valence electrons. The lowest BCUT2D eigenvalue weighted by Crippen LogP contribution is -2.96. The molecule has 0 amide bonds. The third-order valence-corrected chi connectivity index (χ3v) is 3.41.